The van der Waals surface area contributed by atoms with Crippen LogP contribution >= 0.6 is 0 Å². The zero-order valence-electron chi connectivity index (χ0n) is 6.45. The van der Waals surface area contributed by atoms with Crippen LogP contribution in [0.2, 0.25) is 0 Å². The summed E-state index contributed by atoms with van der Waals surface area (Å²) in [5, 5.41) is 1.82. The Morgan fingerprint density at radius 2 is 2.55 bits per heavy atom. The van der Waals surface area contributed by atoms with Gasteiger partial charge in [-0.25, -0.2) is 0 Å². The lowest BCUT2D eigenvalue weighted by Gasteiger charge is -2.23. The van der Waals surface area contributed by atoms with E-state index in [1.54, 1.807) is 6.20 Å². The van der Waals surface area contributed by atoms with Crippen molar-refractivity contribution in [1.29, 1.82) is 0 Å². The van der Waals surface area contributed by atoms with Gasteiger partial charge in [0.05, 0.1) is 12.2 Å². The molecule has 0 fully saturated rings. The highest BCUT2D eigenvalue weighted by molar-refractivity contribution is 5.19. The maximum atomic E-state index is 5.28. The Morgan fingerprint density at radius 3 is 3.45 bits per heavy atom. The lowest BCUT2D eigenvalue weighted by atomic mass is 10.2. The minimum Gasteiger partial charge on any atom is -0.293 e. The van der Waals surface area contributed by atoms with Gasteiger partial charge in [-0.05, 0) is 11.6 Å². The molecule has 0 saturated carbocycles. The van der Waals surface area contributed by atoms with Gasteiger partial charge in [-0.3, -0.25) is 9.82 Å². The van der Waals surface area contributed by atoms with Crippen molar-refractivity contribution in [2.75, 3.05) is 7.05 Å². The first-order chi connectivity index (χ1) is 5.36. The molecular formula is C8H10N2O. The standard InChI is InChI=1S/C8H10N2O/c1-10-5-7-3-2-4-9-8(7)6-11-10/h2-4H,5-6H2,1H3. The van der Waals surface area contributed by atoms with E-state index in [0.717, 1.165) is 12.2 Å². The van der Waals surface area contributed by atoms with E-state index in [0.29, 0.717) is 6.61 Å². The molecule has 0 atom stereocenters. The Labute approximate surface area is 65.6 Å². The third-order valence-corrected chi connectivity index (χ3v) is 1.80. The van der Waals surface area contributed by atoms with E-state index in [-0.39, 0.29) is 0 Å². The van der Waals surface area contributed by atoms with E-state index in [4.69, 9.17) is 4.84 Å². The molecule has 3 nitrogen and oxygen atoms in total. The van der Waals surface area contributed by atoms with Gasteiger partial charge in [-0.1, -0.05) is 6.07 Å². The topological polar surface area (TPSA) is 25.4 Å². The molecule has 1 aromatic rings. The number of hydrogen-bond acceptors (Lipinski definition) is 3. The third-order valence-electron chi connectivity index (χ3n) is 1.80. The number of rotatable bonds is 0. The first kappa shape index (κ1) is 6.76. The lowest BCUT2D eigenvalue weighted by Crippen LogP contribution is -2.24. The van der Waals surface area contributed by atoms with Crippen LogP contribution < -0.4 is 0 Å². The molecule has 0 N–H and O–H groups in total. The molecular weight excluding hydrogens is 140 g/mol. The minimum atomic E-state index is 0.604. The summed E-state index contributed by atoms with van der Waals surface area (Å²) in [6.45, 7) is 1.44. The van der Waals surface area contributed by atoms with E-state index in [2.05, 4.69) is 11.1 Å². The summed E-state index contributed by atoms with van der Waals surface area (Å²) in [5.41, 5.74) is 2.33. The summed E-state index contributed by atoms with van der Waals surface area (Å²) in [4.78, 5) is 9.48. The highest BCUT2D eigenvalue weighted by atomic mass is 16.7. The first-order valence-corrected chi connectivity index (χ1v) is 3.63. The Hall–Kier alpha value is -0.930. The molecule has 0 radical (unpaired) electrons. The maximum Gasteiger partial charge on any atom is 0.111 e. The number of fused-ring (bicyclic) bond motifs is 1. The number of hydrogen-bond donors (Lipinski definition) is 0. The Balaban J connectivity index is 2.34. The molecule has 1 aliphatic heterocycles. The predicted octanol–water partition coefficient (Wildman–Crippen LogP) is 0.959. The van der Waals surface area contributed by atoms with Crippen molar-refractivity contribution in [3.63, 3.8) is 0 Å². The van der Waals surface area contributed by atoms with Gasteiger partial charge in [0.1, 0.15) is 6.61 Å². The average Bonchev–Trinajstić information content (AvgIpc) is 2.04. The van der Waals surface area contributed by atoms with Crippen molar-refractivity contribution in [3.8, 4) is 0 Å². The first-order valence-electron chi connectivity index (χ1n) is 3.63. The summed E-state index contributed by atoms with van der Waals surface area (Å²) in [5.74, 6) is 0. The van der Waals surface area contributed by atoms with Gasteiger partial charge in [0, 0.05) is 13.2 Å². The van der Waals surface area contributed by atoms with Gasteiger partial charge in [-0.15, -0.1) is 0 Å². The van der Waals surface area contributed by atoms with Crippen molar-refractivity contribution >= 4 is 0 Å². The molecule has 0 unspecified atom stereocenters. The van der Waals surface area contributed by atoms with Crippen LogP contribution in [0.3, 0.4) is 0 Å². The van der Waals surface area contributed by atoms with Crippen LogP contribution in [0.4, 0.5) is 0 Å². The molecule has 2 heterocycles. The largest absolute Gasteiger partial charge is 0.293 e. The molecule has 0 spiro atoms. The SMILES string of the molecule is CN1Cc2cccnc2CO1. The lowest BCUT2D eigenvalue weighted by molar-refractivity contribution is -0.169. The summed E-state index contributed by atoms with van der Waals surface area (Å²) in [7, 11) is 1.93. The van der Waals surface area contributed by atoms with Crippen LogP contribution in [0, 0.1) is 0 Å². The van der Waals surface area contributed by atoms with Gasteiger partial charge in [0.25, 0.3) is 0 Å². The summed E-state index contributed by atoms with van der Waals surface area (Å²) in [6, 6.07) is 4.04. The van der Waals surface area contributed by atoms with E-state index in [9.17, 15) is 0 Å². The molecule has 58 valence electrons. The van der Waals surface area contributed by atoms with Crippen LogP contribution in [0.15, 0.2) is 18.3 Å². The summed E-state index contributed by atoms with van der Waals surface area (Å²) < 4.78 is 0. The van der Waals surface area contributed by atoms with Gasteiger partial charge in [0.2, 0.25) is 0 Å². The maximum absolute atomic E-state index is 5.28. The molecule has 1 aromatic heterocycles. The zero-order valence-corrected chi connectivity index (χ0v) is 6.45. The van der Waals surface area contributed by atoms with E-state index in [1.165, 1.54) is 5.56 Å². The summed E-state index contributed by atoms with van der Waals surface area (Å²) in [6.07, 6.45) is 1.80. The van der Waals surface area contributed by atoms with Crippen LogP contribution in [0.25, 0.3) is 0 Å². The third kappa shape index (κ3) is 1.25. The number of pyridine rings is 1. The van der Waals surface area contributed by atoms with Gasteiger partial charge in [-0.2, -0.15) is 5.06 Å². The highest BCUT2D eigenvalue weighted by Crippen LogP contribution is 2.15. The molecule has 1 aliphatic rings. The fourth-order valence-corrected chi connectivity index (χ4v) is 1.20. The zero-order chi connectivity index (χ0) is 7.68. The molecule has 0 aliphatic carbocycles. The fraction of sp³-hybridized carbons (Fsp3) is 0.375. The smallest absolute Gasteiger partial charge is 0.111 e. The van der Waals surface area contributed by atoms with Crippen LogP contribution in [-0.2, 0) is 18.0 Å². The van der Waals surface area contributed by atoms with E-state index < -0.39 is 0 Å². The van der Waals surface area contributed by atoms with Crippen LogP contribution in [0.5, 0.6) is 0 Å². The fourth-order valence-electron chi connectivity index (χ4n) is 1.20. The normalized spacial score (nSPS) is 17.9. The number of hydroxylamine groups is 2. The Bertz CT molecular complexity index is 262. The number of nitrogens with zero attached hydrogens (tertiary/aromatic N) is 2. The highest BCUT2D eigenvalue weighted by Gasteiger charge is 2.12. The Kier molecular flexibility index (Phi) is 1.60. The second-order valence-corrected chi connectivity index (χ2v) is 2.67. The van der Waals surface area contributed by atoms with Crippen molar-refractivity contribution < 1.29 is 4.84 Å². The monoisotopic (exact) mass is 150 g/mol. The minimum absolute atomic E-state index is 0.604. The quantitative estimate of drug-likeness (QED) is 0.550. The molecule has 0 aromatic carbocycles. The molecule has 3 heteroatoms. The summed E-state index contributed by atoms with van der Waals surface area (Å²) >= 11 is 0. The van der Waals surface area contributed by atoms with E-state index in [1.807, 2.05) is 18.2 Å². The molecule has 11 heavy (non-hydrogen) atoms. The van der Waals surface area contributed by atoms with Crippen LogP contribution in [-0.4, -0.2) is 17.1 Å². The second kappa shape index (κ2) is 2.60. The van der Waals surface area contributed by atoms with Crippen molar-refractivity contribution in [1.82, 2.24) is 10.0 Å². The van der Waals surface area contributed by atoms with Crippen molar-refractivity contribution in [2.45, 2.75) is 13.2 Å². The van der Waals surface area contributed by atoms with Gasteiger partial charge < -0.3 is 0 Å². The van der Waals surface area contributed by atoms with Crippen molar-refractivity contribution in [2.24, 2.45) is 0 Å². The molecule has 2 rings (SSSR count). The van der Waals surface area contributed by atoms with Gasteiger partial charge >= 0.3 is 0 Å². The predicted molar refractivity (Wildman–Crippen MR) is 40.5 cm³/mol. The molecule has 0 saturated heterocycles. The van der Waals surface area contributed by atoms with Gasteiger partial charge in [0.15, 0.2) is 0 Å². The van der Waals surface area contributed by atoms with Crippen LogP contribution in [0.1, 0.15) is 11.3 Å². The van der Waals surface area contributed by atoms with Crippen molar-refractivity contribution in [3.05, 3.63) is 29.6 Å². The van der Waals surface area contributed by atoms with E-state index >= 15 is 0 Å². The molecule has 0 bridgehead atoms. The second-order valence-electron chi connectivity index (χ2n) is 2.67. The average molecular weight is 150 g/mol. The Morgan fingerprint density at radius 1 is 1.64 bits per heavy atom. The number of aromatic nitrogens is 1. The molecule has 0 amide bonds.